The summed E-state index contributed by atoms with van der Waals surface area (Å²) in [6.45, 7) is 3.72. The SMILES string of the molecule is Cc1c(N)cc(S(=O)(=O)N(C)C2CCC(C)CC2)cc1F. The first kappa shape index (κ1) is 16.2. The van der Waals surface area contributed by atoms with Gasteiger partial charge in [0.15, 0.2) is 0 Å². The highest BCUT2D eigenvalue weighted by atomic mass is 32.2. The molecule has 0 saturated heterocycles. The molecule has 0 heterocycles. The second-order valence-corrected chi connectivity index (χ2v) is 8.05. The van der Waals surface area contributed by atoms with Crippen molar-refractivity contribution < 1.29 is 12.8 Å². The van der Waals surface area contributed by atoms with E-state index < -0.39 is 15.8 Å². The maximum absolute atomic E-state index is 13.8. The molecule has 1 aromatic carbocycles. The molecule has 1 fully saturated rings. The number of nitrogen functional groups attached to an aromatic ring is 1. The van der Waals surface area contributed by atoms with Crippen LogP contribution in [-0.2, 0) is 10.0 Å². The molecule has 2 N–H and O–H groups in total. The highest BCUT2D eigenvalue weighted by molar-refractivity contribution is 7.89. The number of benzene rings is 1. The summed E-state index contributed by atoms with van der Waals surface area (Å²) >= 11 is 0. The van der Waals surface area contributed by atoms with E-state index in [1.54, 1.807) is 7.05 Å². The van der Waals surface area contributed by atoms with Crippen LogP contribution >= 0.6 is 0 Å². The van der Waals surface area contributed by atoms with Gasteiger partial charge in [0.25, 0.3) is 0 Å². The van der Waals surface area contributed by atoms with E-state index in [2.05, 4.69) is 6.92 Å². The van der Waals surface area contributed by atoms with E-state index in [1.807, 2.05) is 0 Å². The zero-order valence-electron chi connectivity index (χ0n) is 12.8. The van der Waals surface area contributed by atoms with Gasteiger partial charge in [0.1, 0.15) is 5.82 Å². The van der Waals surface area contributed by atoms with Gasteiger partial charge in [0.2, 0.25) is 10.0 Å². The highest BCUT2D eigenvalue weighted by Gasteiger charge is 2.31. The van der Waals surface area contributed by atoms with Gasteiger partial charge in [-0.05, 0) is 50.7 Å². The van der Waals surface area contributed by atoms with Gasteiger partial charge in [-0.1, -0.05) is 6.92 Å². The molecule has 0 aromatic heterocycles. The van der Waals surface area contributed by atoms with E-state index in [0.717, 1.165) is 31.7 Å². The molecule has 1 aliphatic carbocycles. The van der Waals surface area contributed by atoms with E-state index in [9.17, 15) is 12.8 Å². The Kier molecular flexibility index (Phi) is 4.58. The van der Waals surface area contributed by atoms with Crippen LogP contribution in [0.5, 0.6) is 0 Å². The molecule has 0 bridgehead atoms. The standard InChI is InChI=1S/C15H23FN2O2S/c1-10-4-6-12(7-5-10)18(3)21(19,20)13-8-14(16)11(2)15(17)9-13/h8-10,12H,4-7,17H2,1-3H3. The first-order valence-corrected chi connectivity index (χ1v) is 8.71. The number of hydrogen-bond acceptors (Lipinski definition) is 3. The number of halogens is 1. The molecule has 2 rings (SSSR count). The maximum Gasteiger partial charge on any atom is 0.243 e. The van der Waals surface area contributed by atoms with Crippen LogP contribution < -0.4 is 5.73 Å². The third-order valence-electron chi connectivity index (χ3n) is 4.53. The summed E-state index contributed by atoms with van der Waals surface area (Å²) in [4.78, 5) is -0.0655. The average Bonchev–Trinajstić information content (AvgIpc) is 2.44. The fraction of sp³-hybridized carbons (Fsp3) is 0.600. The summed E-state index contributed by atoms with van der Waals surface area (Å²) in [5.41, 5.74) is 6.14. The number of anilines is 1. The van der Waals surface area contributed by atoms with Crippen LogP contribution in [-0.4, -0.2) is 25.8 Å². The summed E-state index contributed by atoms with van der Waals surface area (Å²) in [6.07, 6.45) is 3.74. The van der Waals surface area contributed by atoms with Crippen LogP contribution in [0.25, 0.3) is 0 Å². The summed E-state index contributed by atoms with van der Waals surface area (Å²) in [5.74, 6) is 0.0593. The first-order valence-electron chi connectivity index (χ1n) is 7.27. The van der Waals surface area contributed by atoms with Crippen LogP contribution in [0.15, 0.2) is 17.0 Å². The Morgan fingerprint density at radius 1 is 1.24 bits per heavy atom. The average molecular weight is 314 g/mol. The normalized spacial score (nSPS) is 23.5. The molecule has 1 saturated carbocycles. The van der Waals surface area contributed by atoms with Crippen LogP contribution in [0, 0.1) is 18.7 Å². The Hall–Kier alpha value is -1.14. The molecule has 0 radical (unpaired) electrons. The van der Waals surface area contributed by atoms with E-state index in [1.165, 1.54) is 17.3 Å². The van der Waals surface area contributed by atoms with Crippen molar-refractivity contribution in [2.45, 2.75) is 50.5 Å². The van der Waals surface area contributed by atoms with Crippen molar-refractivity contribution >= 4 is 15.7 Å². The van der Waals surface area contributed by atoms with Crippen molar-refractivity contribution in [3.63, 3.8) is 0 Å². The fourth-order valence-electron chi connectivity index (χ4n) is 2.79. The first-order chi connectivity index (χ1) is 9.73. The summed E-state index contributed by atoms with van der Waals surface area (Å²) in [6, 6.07) is 2.38. The van der Waals surface area contributed by atoms with Gasteiger partial charge in [-0.15, -0.1) is 0 Å². The molecule has 21 heavy (non-hydrogen) atoms. The third-order valence-corrected chi connectivity index (χ3v) is 6.42. The highest BCUT2D eigenvalue weighted by Crippen LogP contribution is 2.30. The Balaban J connectivity index is 2.29. The van der Waals surface area contributed by atoms with Crippen molar-refractivity contribution in [2.75, 3.05) is 12.8 Å². The van der Waals surface area contributed by atoms with Gasteiger partial charge >= 0.3 is 0 Å². The second-order valence-electron chi connectivity index (χ2n) is 6.05. The topological polar surface area (TPSA) is 63.4 Å². The van der Waals surface area contributed by atoms with Gasteiger partial charge in [-0.2, -0.15) is 4.31 Å². The van der Waals surface area contributed by atoms with Crippen molar-refractivity contribution in [1.29, 1.82) is 0 Å². The lowest BCUT2D eigenvalue weighted by atomic mass is 9.87. The molecule has 0 unspecified atom stereocenters. The van der Waals surface area contributed by atoms with Gasteiger partial charge in [0, 0.05) is 24.3 Å². The van der Waals surface area contributed by atoms with Crippen molar-refractivity contribution in [2.24, 2.45) is 5.92 Å². The number of sulfonamides is 1. The lowest BCUT2D eigenvalue weighted by Gasteiger charge is -2.32. The largest absolute Gasteiger partial charge is 0.398 e. The molecule has 0 amide bonds. The van der Waals surface area contributed by atoms with E-state index in [-0.39, 0.29) is 22.2 Å². The minimum absolute atomic E-state index is 0.0169. The zero-order valence-corrected chi connectivity index (χ0v) is 13.6. The van der Waals surface area contributed by atoms with Crippen molar-refractivity contribution in [1.82, 2.24) is 4.31 Å². The lowest BCUT2D eigenvalue weighted by molar-refractivity contribution is 0.246. The molecule has 1 aromatic rings. The Morgan fingerprint density at radius 3 is 2.33 bits per heavy atom. The van der Waals surface area contributed by atoms with Crippen LogP contribution in [0.3, 0.4) is 0 Å². The Morgan fingerprint density at radius 2 is 1.81 bits per heavy atom. The van der Waals surface area contributed by atoms with E-state index in [0.29, 0.717) is 5.92 Å². The maximum atomic E-state index is 13.8. The quantitative estimate of drug-likeness (QED) is 0.873. The summed E-state index contributed by atoms with van der Waals surface area (Å²) < 4.78 is 40.4. The predicted molar refractivity (Wildman–Crippen MR) is 81.9 cm³/mol. The van der Waals surface area contributed by atoms with Crippen LogP contribution in [0.1, 0.15) is 38.2 Å². The minimum atomic E-state index is -3.70. The third kappa shape index (κ3) is 3.21. The zero-order chi connectivity index (χ0) is 15.8. The number of nitrogens with zero attached hydrogens (tertiary/aromatic N) is 1. The summed E-state index contributed by atoms with van der Waals surface area (Å²) in [5, 5.41) is 0. The fourth-order valence-corrected chi connectivity index (χ4v) is 4.26. The van der Waals surface area contributed by atoms with E-state index in [4.69, 9.17) is 5.73 Å². The molecule has 118 valence electrons. The Labute approximate surface area is 126 Å². The Bertz CT molecular complexity index is 600. The van der Waals surface area contributed by atoms with Gasteiger partial charge in [0.05, 0.1) is 4.90 Å². The summed E-state index contributed by atoms with van der Waals surface area (Å²) in [7, 11) is -2.13. The van der Waals surface area contributed by atoms with Gasteiger partial charge in [-0.3, -0.25) is 0 Å². The van der Waals surface area contributed by atoms with Crippen molar-refractivity contribution in [3.05, 3.63) is 23.5 Å². The molecular formula is C15H23FN2O2S. The molecule has 6 heteroatoms. The lowest BCUT2D eigenvalue weighted by Crippen LogP contribution is -2.39. The number of rotatable bonds is 3. The molecule has 0 aliphatic heterocycles. The molecule has 0 atom stereocenters. The molecule has 0 spiro atoms. The van der Waals surface area contributed by atoms with Crippen LogP contribution in [0.2, 0.25) is 0 Å². The minimum Gasteiger partial charge on any atom is -0.398 e. The molecular weight excluding hydrogens is 291 g/mol. The van der Waals surface area contributed by atoms with Crippen LogP contribution in [0.4, 0.5) is 10.1 Å². The number of nitrogens with two attached hydrogens (primary N) is 1. The number of hydrogen-bond donors (Lipinski definition) is 1. The van der Waals surface area contributed by atoms with Gasteiger partial charge in [-0.25, -0.2) is 12.8 Å². The van der Waals surface area contributed by atoms with Crippen molar-refractivity contribution in [3.8, 4) is 0 Å². The molecule has 4 nitrogen and oxygen atoms in total. The predicted octanol–water partition coefficient (Wildman–Crippen LogP) is 2.92. The van der Waals surface area contributed by atoms with E-state index >= 15 is 0 Å². The monoisotopic (exact) mass is 314 g/mol. The molecule has 1 aliphatic rings. The van der Waals surface area contributed by atoms with Gasteiger partial charge < -0.3 is 5.73 Å². The second kappa shape index (κ2) is 5.93. The smallest absolute Gasteiger partial charge is 0.243 e.